The average molecular weight is 256 g/mol. The lowest BCUT2D eigenvalue weighted by molar-refractivity contribution is -0.145. The predicted molar refractivity (Wildman–Crippen MR) is 74.4 cm³/mol. The largest absolute Gasteiger partial charge is 0.463 e. The number of allylic oxidation sites excluding steroid dienone is 1. The minimum Gasteiger partial charge on any atom is -0.463 e. The maximum absolute atomic E-state index is 11.2. The molecule has 0 bridgehead atoms. The third-order valence-corrected chi connectivity index (χ3v) is 2.66. The van der Waals surface area contributed by atoms with Crippen molar-refractivity contribution < 1.29 is 14.6 Å². The Labute approximate surface area is 111 Å². The number of unbranched alkanes of at least 4 members (excludes halogenated alkanes) is 6. The number of aliphatic hydroxyl groups excluding tert-OH is 1. The fourth-order valence-electron chi connectivity index (χ4n) is 1.61. The molecule has 0 spiro atoms. The van der Waals surface area contributed by atoms with Gasteiger partial charge in [-0.25, -0.2) is 0 Å². The molecule has 0 radical (unpaired) electrons. The number of rotatable bonds is 11. The summed E-state index contributed by atoms with van der Waals surface area (Å²) in [6.45, 7) is 3.91. The molecule has 0 aromatic rings. The van der Waals surface area contributed by atoms with Crippen LogP contribution in [0.15, 0.2) is 12.2 Å². The van der Waals surface area contributed by atoms with Gasteiger partial charge in [0.05, 0.1) is 12.5 Å². The van der Waals surface area contributed by atoms with Crippen LogP contribution in [0.3, 0.4) is 0 Å². The van der Waals surface area contributed by atoms with E-state index >= 15 is 0 Å². The van der Waals surface area contributed by atoms with Crippen LogP contribution in [0.1, 0.15) is 65.2 Å². The van der Waals surface area contributed by atoms with Gasteiger partial charge in [-0.2, -0.15) is 0 Å². The van der Waals surface area contributed by atoms with E-state index in [0.29, 0.717) is 6.42 Å². The lowest BCUT2D eigenvalue weighted by Gasteiger charge is -2.04. The number of ether oxygens (including phenoxy) is 1. The van der Waals surface area contributed by atoms with Crippen LogP contribution in [0.4, 0.5) is 0 Å². The molecule has 3 nitrogen and oxygen atoms in total. The van der Waals surface area contributed by atoms with Gasteiger partial charge in [-0.15, -0.1) is 0 Å². The summed E-state index contributed by atoms with van der Waals surface area (Å²) < 4.78 is 4.84. The summed E-state index contributed by atoms with van der Waals surface area (Å²) in [6, 6.07) is 0. The Morgan fingerprint density at radius 1 is 1.17 bits per heavy atom. The lowest BCUT2D eigenvalue weighted by atomic mass is 10.1. The maximum atomic E-state index is 11.2. The minimum absolute atomic E-state index is 0.0874. The summed E-state index contributed by atoms with van der Waals surface area (Å²) in [7, 11) is 0. The molecule has 0 aliphatic heterocycles. The van der Waals surface area contributed by atoms with Crippen LogP contribution in [0.25, 0.3) is 0 Å². The highest BCUT2D eigenvalue weighted by Crippen LogP contribution is 2.07. The number of carbonyl (C=O) groups is 1. The molecule has 0 aromatic heterocycles. The Kier molecular flexibility index (Phi) is 12.0. The third kappa shape index (κ3) is 13.2. The van der Waals surface area contributed by atoms with Crippen molar-refractivity contribution in [2.24, 2.45) is 0 Å². The van der Waals surface area contributed by atoms with E-state index in [0.717, 1.165) is 6.42 Å². The average Bonchev–Trinajstić information content (AvgIpc) is 2.34. The number of hydrogen-bond acceptors (Lipinski definition) is 3. The van der Waals surface area contributed by atoms with Crippen LogP contribution >= 0.6 is 0 Å². The zero-order valence-electron chi connectivity index (χ0n) is 11.9. The molecule has 0 saturated heterocycles. The molecule has 0 saturated carbocycles. The zero-order chi connectivity index (χ0) is 13.6. The first-order valence-electron chi connectivity index (χ1n) is 7.15. The molecule has 1 unspecified atom stereocenters. The highest BCUT2D eigenvalue weighted by molar-refractivity contribution is 5.71. The highest BCUT2D eigenvalue weighted by atomic mass is 16.5. The van der Waals surface area contributed by atoms with Crippen LogP contribution in [-0.4, -0.2) is 23.8 Å². The van der Waals surface area contributed by atoms with Crippen molar-refractivity contribution in [1.29, 1.82) is 0 Å². The quantitative estimate of drug-likeness (QED) is 0.349. The van der Waals surface area contributed by atoms with Crippen LogP contribution < -0.4 is 0 Å². The Morgan fingerprint density at radius 3 is 2.50 bits per heavy atom. The highest BCUT2D eigenvalue weighted by Gasteiger charge is 2.01. The molecule has 0 aliphatic rings. The van der Waals surface area contributed by atoms with Gasteiger partial charge in [-0.3, -0.25) is 4.79 Å². The monoisotopic (exact) mass is 256 g/mol. The summed E-state index contributed by atoms with van der Waals surface area (Å²) in [6.07, 6.45) is 12.4. The van der Waals surface area contributed by atoms with E-state index in [4.69, 9.17) is 9.84 Å². The molecule has 106 valence electrons. The van der Waals surface area contributed by atoms with Crippen molar-refractivity contribution in [2.45, 2.75) is 71.3 Å². The summed E-state index contributed by atoms with van der Waals surface area (Å²) in [5.41, 5.74) is 0. The fourth-order valence-corrected chi connectivity index (χ4v) is 1.61. The van der Waals surface area contributed by atoms with Gasteiger partial charge >= 0.3 is 5.97 Å². The SMILES string of the molecule is CCCCCCCCC=CCC(=O)OCC(C)O. The van der Waals surface area contributed by atoms with E-state index < -0.39 is 6.10 Å². The van der Waals surface area contributed by atoms with Gasteiger partial charge in [0, 0.05) is 0 Å². The van der Waals surface area contributed by atoms with Crippen molar-refractivity contribution >= 4 is 5.97 Å². The second-order valence-electron chi connectivity index (χ2n) is 4.76. The smallest absolute Gasteiger partial charge is 0.309 e. The van der Waals surface area contributed by atoms with E-state index in [2.05, 4.69) is 6.92 Å². The van der Waals surface area contributed by atoms with E-state index in [9.17, 15) is 4.79 Å². The molecule has 0 aliphatic carbocycles. The van der Waals surface area contributed by atoms with E-state index in [1.54, 1.807) is 6.92 Å². The molecular formula is C15H28O3. The second-order valence-corrected chi connectivity index (χ2v) is 4.76. The molecule has 0 fully saturated rings. The van der Waals surface area contributed by atoms with Crippen molar-refractivity contribution in [3.63, 3.8) is 0 Å². The molecule has 0 amide bonds. The summed E-state index contributed by atoms with van der Waals surface area (Å²) in [5.74, 6) is -0.268. The Hall–Kier alpha value is -0.830. The summed E-state index contributed by atoms with van der Waals surface area (Å²) in [4.78, 5) is 11.2. The molecule has 1 N–H and O–H groups in total. The van der Waals surface area contributed by atoms with Gasteiger partial charge in [0.2, 0.25) is 0 Å². The molecule has 1 atom stereocenters. The van der Waals surface area contributed by atoms with Crippen molar-refractivity contribution in [1.82, 2.24) is 0 Å². The van der Waals surface area contributed by atoms with Gasteiger partial charge in [0.15, 0.2) is 0 Å². The van der Waals surface area contributed by atoms with E-state index in [1.165, 1.54) is 38.5 Å². The van der Waals surface area contributed by atoms with Crippen molar-refractivity contribution in [2.75, 3.05) is 6.61 Å². The zero-order valence-corrected chi connectivity index (χ0v) is 11.9. The van der Waals surface area contributed by atoms with Crippen LogP contribution in [0.2, 0.25) is 0 Å². The van der Waals surface area contributed by atoms with E-state index in [1.807, 2.05) is 12.2 Å². The van der Waals surface area contributed by atoms with Crippen LogP contribution in [-0.2, 0) is 9.53 Å². The minimum atomic E-state index is -0.582. The summed E-state index contributed by atoms with van der Waals surface area (Å²) in [5, 5.41) is 8.94. The van der Waals surface area contributed by atoms with Gasteiger partial charge in [0.1, 0.15) is 6.61 Å². The fraction of sp³-hybridized carbons (Fsp3) is 0.800. The third-order valence-electron chi connectivity index (χ3n) is 2.66. The maximum Gasteiger partial charge on any atom is 0.309 e. The molecule has 0 aromatic carbocycles. The normalized spacial score (nSPS) is 12.8. The van der Waals surface area contributed by atoms with Gasteiger partial charge < -0.3 is 9.84 Å². The van der Waals surface area contributed by atoms with Crippen molar-refractivity contribution in [3.8, 4) is 0 Å². The van der Waals surface area contributed by atoms with Crippen molar-refractivity contribution in [3.05, 3.63) is 12.2 Å². The number of aliphatic hydroxyl groups is 1. The van der Waals surface area contributed by atoms with Gasteiger partial charge in [-0.1, -0.05) is 51.2 Å². The molecule has 0 rings (SSSR count). The predicted octanol–water partition coefficient (Wildman–Crippen LogP) is 3.61. The van der Waals surface area contributed by atoms with Gasteiger partial charge in [-0.05, 0) is 19.8 Å². The standard InChI is InChI=1S/C15H28O3/c1-3-4-5-6-7-8-9-10-11-12-15(17)18-13-14(2)16/h10-11,14,16H,3-9,12-13H2,1-2H3. The Bertz CT molecular complexity index is 222. The molecule has 0 heterocycles. The van der Waals surface area contributed by atoms with Gasteiger partial charge in [0.25, 0.3) is 0 Å². The Morgan fingerprint density at radius 2 is 1.83 bits per heavy atom. The first-order valence-corrected chi connectivity index (χ1v) is 7.15. The number of hydrogen-bond donors (Lipinski definition) is 1. The number of carbonyl (C=O) groups excluding carboxylic acids is 1. The second kappa shape index (κ2) is 12.6. The van der Waals surface area contributed by atoms with Crippen LogP contribution in [0.5, 0.6) is 0 Å². The molecule has 3 heteroatoms. The molecular weight excluding hydrogens is 228 g/mol. The molecule has 18 heavy (non-hydrogen) atoms. The van der Waals surface area contributed by atoms with Crippen LogP contribution in [0, 0.1) is 0 Å². The first-order chi connectivity index (χ1) is 8.66. The first kappa shape index (κ1) is 17.2. The lowest BCUT2D eigenvalue weighted by Crippen LogP contribution is -2.14. The summed E-state index contributed by atoms with van der Waals surface area (Å²) >= 11 is 0. The Balaban J connectivity index is 3.29. The topological polar surface area (TPSA) is 46.5 Å². The number of esters is 1. The van der Waals surface area contributed by atoms with E-state index in [-0.39, 0.29) is 12.6 Å².